The van der Waals surface area contributed by atoms with Crippen molar-refractivity contribution >= 4 is 5.91 Å². The Morgan fingerprint density at radius 1 is 1.22 bits per heavy atom. The number of benzene rings is 1. The zero-order chi connectivity index (χ0) is 13.8. The molecule has 0 saturated heterocycles. The zero-order valence-corrected chi connectivity index (χ0v) is 11.1. The molecule has 100 valence electrons. The van der Waals surface area contributed by atoms with Crippen LogP contribution in [0.15, 0.2) is 18.2 Å². The first kappa shape index (κ1) is 14.2. The van der Waals surface area contributed by atoms with Gasteiger partial charge in [0.25, 0.3) is 0 Å². The van der Waals surface area contributed by atoms with E-state index in [1.54, 1.807) is 39.2 Å². The van der Waals surface area contributed by atoms with E-state index in [9.17, 15) is 4.79 Å². The van der Waals surface area contributed by atoms with Crippen molar-refractivity contribution in [2.24, 2.45) is 11.1 Å². The summed E-state index contributed by atoms with van der Waals surface area (Å²) < 4.78 is 16.0. The van der Waals surface area contributed by atoms with E-state index in [0.29, 0.717) is 17.2 Å². The number of methoxy groups -OCH3 is 2. The van der Waals surface area contributed by atoms with Gasteiger partial charge in [-0.25, -0.2) is 0 Å². The Balaban J connectivity index is 2.88. The SMILES string of the molecule is COc1cccc(OCC(C)(C)C(N)=O)c1OC. The highest BCUT2D eigenvalue weighted by atomic mass is 16.5. The van der Waals surface area contributed by atoms with E-state index < -0.39 is 11.3 Å². The molecule has 0 spiro atoms. The molecule has 1 amide bonds. The third kappa shape index (κ3) is 3.06. The number of carbonyl (C=O) groups is 1. The molecule has 5 nitrogen and oxygen atoms in total. The fourth-order valence-electron chi connectivity index (χ4n) is 1.30. The Bertz CT molecular complexity index is 429. The lowest BCUT2D eigenvalue weighted by molar-refractivity contribution is -0.127. The van der Waals surface area contributed by atoms with E-state index in [1.165, 1.54) is 7.11 Å². The maximum absolute atomic E-state index is 11.2. The van der Waals surface area contributed by atoms with Crippen LogP contribution in [0.4, 0.5) is 0 Å². The Morgan fingerprint density at radius 2 is 1.83 bits per heavy atom. The molecule has 18 heavy (non-hydrogen) atoms. The Hall–Kier alpha value is -1.91. The minimum atomic E-state index is -0.742. The molecular formula is C13H19NO4. The van der Waals surface area contributed by atoms with Crippen LogP contribution in [0.25, 0.3) is 0 Å². The summed E-state index contributed by atoms with van der Waals surface area (Å²) in [6, 6.07) is 5.30. The second-order valence-electron chi connectivity index (χ2n) is 4.53. The predicted octanol–water partition coefficient (Wildman–Crippen LogP) is 1.59. The smallest absolute Gasteiger partial charge is 0.226 e. The summed E-state index contributed by atoms with van der Waals surface area (Å²) in [5.41, 5.74) is 4.54. The number of carbonyl (C=O) groups excluding carboxylic acids is 1. The summed E-state index contributed by atoms with van der Waals surface area (Å²) in [4.78, 5) is 11.2. The van der Waals surface area contributed by atoms with Crippen molar-refractivity contribution in [1.82, 2.24) is 0 Å². The molecule has 0 aliphatic carbocycles. The number of primary amides is 1. The van der Waals surface area contributed by atoms with Gasteiger partial charge in [-0.05, 0) is 26.0 Å². The highest BCUT2D eigenvalue weighted by Gasteiger charge is 2.26. The van der Waals surface area contributed by atoms with Crippen molar-refractivity contribution in [2.75, 3.05) is 20.8 Å². The van der Waals surface area contributed by atoms with E-state index in [1.807, 2.05) is 0 Å². The third-order valence-corrected chi connectivity index (χ3v) is 2.62. The van der Waals surface area contributed by atoms with E-state index in [0.717, 1.165) is 0 Å². The molecule has 0 fully saturated rings. The third-order valence-electron chi connectivity index (χ3n) is 2.62. The monoisotopic (exact) mass is 253 g/mol. The minimum Gasteiger partial charge on any atom is -0.493 e. The van der Waals surface area contributed by atoms with Crippen LogP contribution in [0, 0.1) is 5.41 Å². The van der Waals surface area contributed by atoms with Gasteiger partial charge in [-0.15, -0.1) is 0 Å². The normalized spacial score (nSPS) is 10.9. The lowest BCUT2D eigenvalue weighted by Gasteiger charge is -2.22. The van der Waals surface area contributed by atoms with Gasteiger partial charge in [0.15, 0.2) is 11.5 Å². The van der Waals surface area contributed by atoms with Gasteiger partial charge in [-0.2, -0.15) is 0 Å². The molecule has 0 aliphatic heterocycles. The Kier molecular flexibility index (Phi) is 4.42. The van der Waals surface area contributed by atoms with Crippen LogP contribution in [0.5, 0.6) is 17.2 Å². The minimum absolute atomic E-state index is 0.172. The van der Waals surface area contributed by atoms with Crippen molar-refractivity contribution in [3.8, 4) is 17.2 Å². The lowest BCUT2D eigenvalue weighted by atomic mass is 9.94. The van der Waals surface area contributed by atoms with Gasteiger partial charge in [-0.3, -0.25) is 4.79 Å². The van der Waals surface area contributed by atoms with Gasteiger partial charge in [0.05, 0.1) is 19.6 Å². The van der Waals surface area contributed by atoms with Gasteiger partial charge in [0.2, 0.25) is 11.7 Å². The first-order valence-corrected chi connectivity index (χ1v) is 5.56. The predicted molar refractivity (Wildman–Crippen MR) is 68.0 cm³/mol. The van der Waals surface area contributed by atoms with E-state index >= 15 is 0 Å². The van der Waals surface area contributed by atoms with Gasteiger partial charge in [0.1, 0.15) is 6.61 Å². The molecule has 0 saturated carbocycles. The van der Waals surface area contributed by atoms with Crippen LogP contribution in [-0.4, -0.2) is 26.7 Å². The molecule has 1 aromatic rings. The molecule has 0 bridgehead atoms. The van der Waals surface area contributed by atoms with Gasteiger partial charge >= 0.3 is 0 Å². The van der Waals surface area contributed by atoms with E-state index in [4.69, 9.17) is 19.9 Å². The van der Waals surface area contributed by atoms with Gasteiger partial charge in [0, 0.05) is 0 Å². The van der Waals surface area contributed by atoms with Crippen LogP contribution >= 0.6 is 0 Å². The summed E-state index contributed by atoms with van der Waals surface area (Å²) >= 11 is 0. The van der Waals surface area contributed by atoms with Crippen LogP contribution in [-0.2, 0) is 4.79 Å². The Labute approximate surface area is 107 Å². The summed E-state index contributed by atoms with van der Waals surface area (Å²) in [6.45, 7) is 3.62. The number of para-hydroxylation sites is 1. The number of ether oxygens (including phenoxy) is 3. The molecule has 0 unspecified atom stereocenters. The zero-order valence-electron chi connectivity index (χ0n) is 11.1. The average molecular weight is 253 g/mol. The molecule has 0 atom stereocenters. The number of hydrogen-bond donors (Lipinski definition) is 1. The number of nitrogens with two attached hydrogens (primary N) is 1. The molecule has 5 heteroatoms. The molecule has 1 rings (SSSR count). The quantitative estimate of drug-likeness (QED) is 0.835. The largest absolute Gasteiger partial charge is 0.493 e. The van der Waals surface area contributed by atoms with Crippen molar-refractivity contribution in [3.63, 3.8) is 0 Å². The van der Waals surface area contributed by atoms with E-state index in [2.05, 4.69) is 0 Å². The maximum Gasteiger partial charge on any atom is 0.226 e. The summed E-state index contributed by atoms with van der Waals surface area (Å²) in [5.74, 6) is 1.18. The number of hydrogen-bond acceptors (Lipinski definition) is 4. The summed E-state index contributed by atoms with van der Waals surface area (Å²) in [5, 5.41) is 0. The van der Waals surface area contributed by atoms with Crippen LogP contribution in [0.1, 0.15) is 13.8 Å². The number of amides is 1. The summed E-state index contributed by atoms with van der Waals surface area (Å²) in [7, 11) is 3.08. The number of rotatable bonds is 6. The van der Waals surface area contributed by atoms with Crippen LogP contribution in [0.2, 0.25) is 0 Å². The fraction of sp³-hybridized carbons (Fsp3) is 0.462. The Morgan fingerprint density at radius 3 is 2.33 bits per heavy atom. The molecule has 0 heterocycles. The van der Waals surface area contributed by atoms with Gasteiger partial charge < -0.3 is 19.9 Å². The molecule has 0 radical (unpaired) electrons. The molecule has 0 aromatic heterocycles. The van der Waals surface area contributed by atoms with Crippen LogP contribution < -0.4 is 19.9 Å². The first-order valence-electron chi connectivity index (χ1n) is 5.56. The maximum atomic E-state index is 11.2. The van der Waals surface area contributed by atoms with E-state index in [-0.39, 0.29) is 6.61 Å². The summed E-state index contributed by atoms with van der Waals surface area (Å²) in [6.07, 6.45) is 0. The standard InChI is InChI=1S/C13H19NO4/c1-13(2,12(14)15)8-18-10-7-5-6-9(16-3)11(10)17-4/h5-7H,8H2,1-4H3,(H2,14,15). The van der Waals surface area contributed by atoms with Crippen LogP contribution in [0.3, 0.4) is 0 Å². The fourth-order valence-corrected chi connectivity index (χ4v) is 1.30. The molecule has 0 aliphatic rings. The highest BCUT2D eigenvalue weighted by Crippen LogP contribution is 2.37. The van der Waals surface area contributed by atoms with Gasteiger partial charge in [-0.1, -0.05) is 6.07 Å². The van der Waals surface area contributed by atoms with Crippen molar-refractivity contribution < 1.29 is 19.0 Å². The molecule has 1 aromatic carbocycles. The average Bonchev–Trinajstić information content (AvgIpc) is 2.35. The van der Waals surface area contributed by atoms with Crippen molar-refractivity contribution in [1.29, 1.82) is 0 Å². The second-order valence-corrected chi connectivity index (χ2v) is 4.53. The first-order chi connectivity index (χ1) is 8.42. The lowest BCUT2D eigenvalue weighted by Crippen LogP contribution is -2.36. The topological polar surface area (TPSA) is 70.8 Å². The molecular weight excluding hydrogens is 234 g/mol. The van der Waals surface area contributed by atoms with Crippen molar-refractivity contribution in [3.05, 3.63) is 18.2 Å². The van der Waals surface area contributed by atoms with Crippen molar-refractivity contribution in [2.45, 2.75) is 13.8 Å². The highest BCUT2D eigenvalue weighted by molar-refractivity contribution is 5.80. The molecule has 2 N–H and O–H groups in total. The second kappa shape index (κ2) is 5.62.